The highest BCUT2D eigenvalue weighted by molar-refractivity contribution is 7.99. The van der Waals surface area contributed by atoms with Crippen LogP contribution in [0.25, 0.3) is 0 Å². The molecule has 4 N–H and O–H groups in total. The van der Waals surface area contributed by atoms with Crippen LogP contribution in [0.1, 0.15) is 10.4 Å². The summed E-state index contributed by atoms with van der Waals surface area (Å²) in [6, 6.07) is 6.34. The minimum absolute atomic E-state index is 0.130. The Balaban J connectivity index is 2.47. The molecule has 0 amide bonds. The molecule has 8 nitrogen and oxygen atoms in total. The maximum Gasteiger partial charge on any atom is 0.338 e. The van der Waals surface area contributed by atoms with Crippen molar-refractivity contribution in [1.82, 2.24) is 0 Å². The third-order valence-electron chi connectivity index (χ3n) is 3.26. The zero-order chi connectivity index (χ0) is 18.7. The summed E-state index contributed by atoms with van der Waals surface area (Å²) in [6.45, 7) is -1.15. The van der Waals surface area contributed by atoms with Crippen LogP contribution in [0, 0.1) is 0 Å². The summed E-state index contributed by atoms with van der Waals surface area (Å²) < 4.78 is 15.3. The first-order valence-electron chi connectivity index (χ1n) is 7.60. The molecule has 25 heavy (non-hydrogen) atoms. The Hall–Kier alpha value is -1.36. The molecule has 142 valence electrons. The molecule has 0 radical (unpaired) electrons. The predicted molar refractivity (Wildman–Crippen MR) is 91.7 cm³/mol. The maximum absolute atomic E-state index is 12.1. The van der Waals surface area contributed by atoms with E-state index in [-0.39, 0.29) is 30.5 Å². The molecule has 1 rings (SSSR count). The molecular weight excluding hydrogens is 352 g/mol. The second-order valence-corrected chi connectivity index (χ2v) is 6.05. The molecule has 0 heterocycles. The summed E-state index contributed by atoms with van der Waals surface area (Å²) in [5, 5.41) is 37.1. The van der Waals surface area contributed by atoms with E-state index in [9.17, 15) is 15.0 Å². The summed E-state index contributed by atoms with van der Waals surface area (Å²) in [6.07, 6.45) is -2.86. The lowest BCUT2D eigenvalue weighted by Crippen LogP contribution is -2.36. The first kappa shape index (κ1) is 21.7. The molecule has 1 aromatic rings. The van der Waals surface area contributed by atoms with Crippen LogP contribution < -0.4 is 4.74 Å². The van der Waals surface area contributed by atoms with Gasteiger partial charge in [0, 0.05) is 5.75 Å². The first-order valence-corrected chi connectivity index (χ1v) is 8.76. The van der Waals surface area contributed by atoms with Gasteiger partial charge in [0.05, 0.1) is 38.4 Å². The summed E-state index contributed by atoms with van der Waals surface area (Å²) in [7, 11) is 1.47. The minimum atomic E-state index is -1.10. The molecule has 0 saturated heterocycles. The monoisotopic (exact) mass is 376 g/mol. The molecule has 1 aromatic carbocycles. The van der Waals surface area contributed by atoms with Crippen molar-refractivity contribution in [1.29, 1.82) is 0 Å². The van der Waals surface area contributed by atoms with E-state index in [1.54, 1.807) is 12.1 Å². The Morgan fingerprint density at radius 3 is 2.52 bits per heavy atom. The van der Waals surface area contributed by atoms with Gasteiger partial charge in [-0.15, -0.1) is 11.8 Å². The average molecular weight is 376 g/mol. The third-order valence-corrected chi connectivity index (χ3v) is 4.14. The number of methoxy groups -OCH3 is 1. The van der Waals surface area contributed by atoms with Crippen molar-refractivity contribution in [2.75, 3.05) is 38.6 Å². The third kappa shape index (κ3) is 7.59. The molecule has 0 bridgehead atoms. The predicted octanol–water partition coefficient (Wildman–Crippen LogP) is -0.366. The van der Waals surface area contributed by atoms with E-state index in [1.807, 2.05) is 0 Å². The number of rotatable bonds is 12. The Kier molecular flexibility index (Phi) is 10.5. The van der Waals surface area contributed by atoms with Crippen molar-refractivity contribution in [3.05, 3.63) is 29.8 Å². The minimum Gasteiger partial charge on any atom is -0.497 e. The van der Waals surface area contributed by atoms with Crippen LogP contribution in [0.5, 0.6) is 5.75 Å². The van der Waals surface area contributed by atoms with E-state index < -0.39 is 30.9 Å². The highest BCUT2D eigenvalue weighted by Gasteiger charge is 2.24. The van der Waals surface area contributed by atoms with Crippen LogP contribution in [-0.4, -0.2) is 83.3 Å². The van der Waals surface area contributed by atoms with Crippen molar-refractivity contribution in [2.24, 2.45) is 0 Å². The van der Waals surface area contributed by atoms with E-state index in [0.29, 0.717) is 5.75 Å². The van der Waals surface area contributed by atoms with Crippen LogP contribution in [0.2, 0.25) is 0 Å². The number of ether oxygens (including phenoxy) is 3. The lowest BCUT2D eigenvalue weighted by atomic mass is 10.2. The van der Waals surface area contributed by atoms with Gasteiger partial charge in [-0.2, -0.15) is 0 Å². The molecule has 0 aromatic heterocycles. The van der Waals surface area contributed by atoms with Gasteiger partial charge in [0.1, 0.15) is 18.0 Å². The van der Waals surface area contributed by atoms with Gasteiger partial charge in [0.2, 0.25) is 0 Å². The first-order chi connectivity index (χ1) is 12.0. The van der Waals surface area contributed by atoms with E-state index in [1.165, 1.54) is 31.0 Å². The van der Waals surface area contributed by atoms with E-state index in [4.69, 9.17) is 24.4 Å². The van der Waals surface area contributed by atoms with Gasteiger partial charge in [0.15, 0.2) is 6.10 Å². The van der Waals surface area contributed by atoms with E-state index >= 15 is 0 Å². The number of hydrogen-bond acceptors (Lipinski definition) is 9. The number of aliphatic hydroxyl groups is 4. The number of carbonyl (C=O) groups is 1. The number of benzene rings is 1. The largest absolute Gasteiger partial charge is 0.497 e. The molecule has 0 aliphatic heterocycles. The highest BCUT2D eigenvalue weighted by atomic mass is 32.2. The van der Waals surface area contributed by atoms with Crippen LogP contribution in [-0.2, 0) is 9.47 Å². The summed E-state index contributed by atoms with van der Waals surface area (Å²) >= 11 is 1.18. The molecule has 9 heteroatoms. The molecule has 2 atom stereocenters. The smallest absolute Gasteiger partial charge is 0.338 e. The highest BCUT2D eigenvalue weighted by Crippen LogP contribution is 2.16. The van der Waals surface area contributed by atoms with Crippen LogP contribution >= 0.6 is 11.8 Å². The Bertz CT molecular complexity index is 509. The maximum atomic E-state index is 12.1. The fourth-order valence-electron chi connectivity index (χ4n) is 1.78. The molecular formula is C16H24O8S. The number of aliphatic hydroxyl groups excluding tert-OH is 4. The van der Waals surface area contributed by atoms with Gasteiger partial charge < -0.3 is 34.6 Å². The topological polar surface area (TPSA) is 126 Å². The standard InChI is InChI=1S/C16H24O8S/c1-22-12-4-2-3-11(5-12)16(21)24-15(8-19)14(20)9-25-10-23-13(6-17)7-18/h2-5,13-15,17-20H,6-10H2,1H3. The quantitative estimate of drug-likeness (QED) is 0.220. The van der Waals surface area contributed by atoms with Gasteiger partial charge in [-0.25, -0.2) is 4.79 Å². The zero-order valence-electron chi connectivity index (χ0n) is 13.9. The Morgan fingerprint density at radius 1 is 1.20 bits per heavy atom. The molecule has 0 aliphatic rings. The lowest BCUT2D eigenvalue weighted by molar-refractivity contribution is -0.0326. The van der Waals surface area contributed by atoms with E-state index in [2.05, 4.69) is 0 Å². The van der Waals surface area contributed by atoms with Gasteiger partial charge in [-0.05, 0) is 18.2 Å². The van der Waals surface area contributed by atoms with Gasteiger partial charge in [-0.1, -0.05) is 6.07 Å². The van der Waals surface area contributed by atoms with Crippen LogP contribution in [0.3, 0.4) is 0 Å². The van der Waals surface area contributed by atoms with Crippen molar-refractivity contribution >= 4 is 17.7 Å². The summed E-state index contributed by atoms with van der Waals surface area (Å²) in [4.78, 5) is 12.1. The number of esters is 1. The normalized spacial score (nSPS) is 13.5. The molecule has 0 saturated carbocycles. The summed E-state index contributed by atoms with van der Waals surface area (Å²) in [5.74, 6) is 0.0785. The second-order valence-electron chi connectivity index (χ2n) is 5.07. The SMILES string of the molecule is COc1cccc(C(=O)OC(CO)C(O)CSCOC(CO)CO)c1. The fraction of sp³-hybridized carbons (Fsp3) is 0.562. The number of carbonyl (C=O) groups excluding carboxylic acids is 1. The second kappa shape index (κ2) is 12.1. The van der Waals surface area contributed by atoms with E-state index in [0.717, 1.165) is 0 Å². The molecule has 0 aliphatic carbocycles. The molecule has 0 spiro atoms. The van der Waals surface area contributed by atoms with Gasteiger partial charge in [-0.3, -0.25) is 0 Å². The number of thioether (sulfide) groups is 1. The zero-order valence-corrected chi connectivity index (χ0v) is 14.7. The van der Waals surface area contributed by atoms with Gasteiger partial charge in [0.25, 0.3) is 0 Å². The fourth-order valence-corrected chi connectivity index (χ4v) is 2.62. The molecule has 0 fully saturated rings. The number of hydrogen-bond donors (Lipinski definition) is 4. The van der Waals surface area contributed by atoms with Crippen LogP contribution in [0.15, 0.2) is 24.3 Å². The van der Waals surface area contributed by atoms with Crippen molar-refractivity contribution < 1.29 is 39.4 Å². The van der Waals surface area contributed by atoms with Crippen LogP contribution in [0.4, 0.5) is 0 Å². The lowest BCUT2D eigenvalue weighted by Gasteiger charge is -2.21. The van der Waals surface area contributed by atoms with Crippen molar-refractivity contribution in [3.8, 4) is 5.75 Å². The molecule has 2 unspecified atom stereocenters. The average Bonchev–Trinajstić information content (AvgIpc) is 2.65. The Labute approximate surface area is 150 Å². The van der Waals surface area contributed by atoms with Crippen molar-refractivity contribution in [3.63, 3.8) is 0 Å². The Morgan fingerprint density at radius 2 is 1.92 bits per heavy atom. The summed E-state index contributed by atoms with van der Waals surface area (Å²) in [5.41, 5.74) is 0.245. The van der Waals surface area contributed by atoms with Crippen molar-refractivity contribution in [2.45, 2.75) is 18.3 Å². The van der Waals surface area contributed by atoms with Gasteiger partial charge >= 0.3 is 5.97 Å².